The maximum atomic E-state index is 6.20. The lowest BCUT2D eigenvalue weighted by Crippen LogP contribution is -2.57. The quantitative estimate of drug-likeness (QED) is 0.852. The summed E-state index contributed by atoms with van der Waals surface area (Å²) < 4.78 is 0. The molecule has 0 radical (unpaired) electrons. The van der Waals surface area contributed by atoms with Gasteiger partial charge in [0.05, 0.1) is 0 Å². The van der Waals surface area contributed by atoms with Gasteiger partial charge in [0.25, 0.3) is 0 Å². The number of nitrogens with zero attached hydrogens (tertiary/aromatic N) is 1. The van der Waals surface area contributed by atoms with Crippen LogP contribution in [0, 0.1) is 0 Å². The second-order valence-electron chi connectivity index (χ2n) is 5.81. The van der Waals surface area contributed by atoms with Gasteiger partial charge in [-0.1, -0.05) is 44.5 Å². The van der Waals surface area contributed by atoms with Gasteiger partial charge in [-0.3, -0.25) is 4.90 Å². The van der Waals surface area contributed by atoms with Gasteiger partial charge in [-0.05, 0) is 49.9 Å². The van der Waals surface area contributed by atoms with Gasteiger partial charge in [0.2, 0.25) is 0 Å². The van der Waals surface area contributed by atoms with Crippen LogP contribution >= 0.6 is 0 Å². The minimum absolute atomic E-state index is 0.193. The Hall–Kier alpha value is -0.860. The third-order valence-corrected chi connectivity index (χ3v) is 4.71. The van der Waals surface area contributed by atoms with Gasteiger partial charge in [0.1, 0.15) is 0 Å². The molecular formula is C17H28N2. The average Bonchev–Trinajstić information content (AvgIpc) is 2.47. The number of hydrogen-bond donors (Lipinski definition) is 1. The Labute approximate surface area is 118 Å². The Morgan fingerprint density at radius 1 is 1.21 bits per heavy atom. The molecule has 106 valence electrons. The van der Waals surface area contributed by atoms with E-state index < -0.39 is 0 Å². The van der Waals surface area contributed by atoms with Crippen LogP contribution in [0.1, 0.15) is 44.2 Å². The van der Waals surface area contributed by atoms with Gasteiger partial charge >= 0.3 is 0 Å². The van der Waals surface area contributed by atoms with E-state index in [0.29, 0.717) is 0 Å². The van der Waals surface area contributed by atoms with Crippen molar-refractivity contribution in [3.8, 4) is 0 Å². The molecule has 1 aromatic rings. The van der Waals surface area contributed by atoms with Crippen molar-refractivity contribution in [3.05, 3.63) is 35.4 Å². The van der Waals surface area contributed by atoms with Crippen molar-refractivity contribution in [1.82, 2.24) is 4.90 Å². The topological polar surface area (TPSA) is 29.3 Å². The van der Waals surface area contributed by atoms with Crippen molar-refractivity contribution in [3.63, 3.8) is 0 Å². The summed E-state index contributed by atoms with van der Waals surface area (Å²) in [5.74, 6) is 0. The molecular weight excluding hydrogens is 232 g/mol. The fraction of sp³-hybridized carbons (Fsp3) is 0.647. The van der Waals surface area contributed by atoms with Gasteiger partial charge in [-0.2, -0.15) is 0 Å². The number of unbranched alkanes of at least 4 members (excludes halogenated alkanes) is 1. The maximum absolute atomic E-state index is 6.20. The monoisotopic (exact) mass is 260 g/mol. The summed E-state index contributed by atoms with van der Waals surface area (Å²) in [6, 6.07) is 8.88. The number of fused-ring (bicyclic) bond motifs is 1. The molecule has 0 fully saturated rings. The van der Waals surface area contributed by atoms with Gasteiger partial charge in [0, 0.05) is 12.1 Å². The Balaban J connectivity index is 2.19. The zero-order valence-electron chi connectivity index (χ0n) is 12.5. The van der Waals surface area contributed by atoms with Crippen LogP contribution < -0.4 is 5.73 Å². The molecule has 2 nitrogen and oxygen atoms in total. The molecule has 0 spiro atoms. The lowest BCUT2D eigenvalue weighted by Gasteiger charge is -2.46. The summed E-state index contributed by atoms with van der Waals surface area (Å²) in [6.07, 6.45) is 6.04. The fourth-order valence-electron chi connectivity index (χ4n) is 3.44. The predicted octanol–water partition coefficient (Wildman–Crippen LogP) is 2.99. The van der Waals surface area contributed by atoms with Crippen LogP contribution in [-0.2, 0) is 12.8 Å². The number of aryl methyl sites for hydroxylation is 1. The first-order valence-electron chi connectivity index (χ1n) is 7.77. The first kappa shape index (κ1) is 14.5. The standard InChI is InChI=1S/C17H28N2/c1-3-5-12-19(4-2)17(14-18)11-10-15-8-6-7-9-16(15)13-17/h6-9H,3-5,10-14,18H2,1-2H3. The van der Waals surface area contributed by atoms with Crippen molar-refractivity contribution < 1.29 is 0 Å². The molecule has 2 rings (SSSR count). The minimum atomic E-state index is 0.193. The molecule has 1 aromatic carbocycles. The van der Waals surface area contributed by atoms with E-state index in [1.165, 1.54) is 43.4 Å². The molecule has 2 N–H and O–H groups in total. The van der Waals surface area contributed by atoms with Gasteiger partial charge in [-0.15, -0.1) is 0 Å². The van der Waals surface area contributed by atoms with E-state index in [0.717, 1.165) is 19.5 Å². The van der Waals surface area contributed by atoms with Crippen LogP contribution in [0.3, 0.4) is 0 Å². The normalized spacial score (nSPS) is 22.5. The number of nitrogens with two attached hydrogens (primary N) is 1. The van der Waals surface area contributed by atoms with E-state index in [1.54, 1.807) is 0 Å². The fourth-order valence-corrected chi connectivity index (χ4v) is 3.44. The van der Waals surface area contributed by atoms with E-state index in [4.69, 9.17) is 5.73 Å². The van der Waals surface area contributed by atoms with Crippen molar-refractivity contribution in [1.29, 1.82) is 0 Å². The number of rotatable bonds is 6. The van der Waals surface area contributed by atoms with Crippen LogP contribution in [0.2, 0.25) is 0 Å². The van der Waals surface area contributed by atoms with E-state index >= 15 is 0 Å². The van der Waals surface area contributed by atoms with E-state index in [9.17, 15) is 0 Å². The molecule has 1 unspecified atom stereocenters. The summed E-state index contributed by atoms with van der Waals surface area (Å²) in [5, 5.41) is 0. The molecule has 0 bridgehead atoms. The number of likely N-dealkylation sites (N-methyl/N-ethyl adjacent to an activating group) is 1. The predicted molar refractivity (Wildman–Crippen MR) is 82.4 cm³/mol. The van der Waals surface area contributed by atoms with Crippen molar-refractivity contribution >= 4 is 0 Å². The maximum Gasteiger partial charge on any atom is 0.0375 e. The molecule has 0 heterocycles. The van der Waals surface area contributed by atoms with Crippen LogP contribution in [0.5, 0.6) is 0 Å². The smallest absolute Gasteiger partial charge is 0.0375 e. The van der Waals surface area contributed by atoms with Crippen molar-refractivity contribution in [2.75, 3.05) is 19.6 Å². The molecule has 0 saturated heterocycles. The highest BCUT2D eigenvalue weighted by molar-refractivity contribution is 5.32. The summed E-state index contributed by atoms with van der Waals surface area (Å²) in [6.45, 7) is 7.61. The molecule has 0 aliphatic heterocycles. The van der Waals surface area contributed by atoms with Crippen molar-refractivity contribution in [2.45, 2.75) is 51.5 Å². The Bertz CT molecular complexity index is 402. The van der Waals surface area contributed by atoms with Crippen LogP contribution in [-0.4, -0.2) is 30.1 Å². The van der Waals surface area contributed by atoms with Crippen molar-refractivity contribution in [2.24, 2.45) is 5.73 Å². The SMILES string of the molecule is CCCCN(CC)C1(CN)CCc2ccccc2C1. The summed E-state index contributed by atoms with van der Waals surface area (Å²) in [5.41, 5.74) is 9.43. The Morgan fingerprint density at radius 3 is 2.58 bits per heavy atom. The first-order valence-corrected chi connectivity index (χ1v) is 7.77. The molecule has 0 saturated carbocycles. The third kappa shape index (κ3) is 3.01. The Morgan fingerprint density at radius 2 is 1.95 bits per heavy atom. The van der Waals surface area contributed by atoms with Crippen LogP contribution in [0.25, 0.3) is 0 Å². The summed E-state index contributed by atoms with van der Waals surface area (Å²) >= 11 is 0. The molecule has 2 heteroatoms. The summed E-state index contributed by atoms with van der Waals surface area (Å²) in [4.78, 5) is 2.63. The molecule has 0 amide bonds. The molecule has 1 aliphatic rings. The lowest BCUT2D eigenvalue weighted by molar-refractivity contribution is 0.0832. The molecule has 0 aromatic heterocycles. The Kier molecular flexibility index (Phi) is 5.00. The highest BCUT2D eigenvalue weighted by Gasteiger charge is 2.37. The van der Waals surface area contributed by atoms with E-state index in [1.807, 2.05) is 0 Å². The zero-order chi connectivity index (χ0) is 13.7. The second kappa shape index (κ2) is 6.53. The zero-order valence-corrected chi connectivity index (χ0v) is 12.5. The molecule has 1 atom stereocenters. The average molecular weight is 260 g/mol. The van der Waals surface area contributed by atoms with E-state index in [2.05, 4.69) is 43.0 Å². The number of benzene rings is 1. The van der Waals surface area contributed by atoms with Gasteiger partial charge in [-0.25, -0.2) is 0 Å². The van der Waals surface area contributed by atoms with Crippen LogP contribution in [0.4, 0.5) is 0 Å². The first-order chi connectivity index (χ1) is 9.25. The van der Waals surface area contributed by atoms with Gasteiger partial charge in [0.15, 0.2) is 0 Å². The number of hydrogen-bond acceptors (Lipinski definition) is 2. The summed E-state index contributed by atoms with van der Waals surface area (Å²) in [7, 11) is 0. The van der Waals surface area contributed by atoms with Crippen LogP contribution in [0.15, 0.2) is 24.3 Å². The second-order valence-corrected chi connectivity index (χ2v) is 5.81. The van der Waals surface area contributed by atoms with E-state index in [-0.39, 0.29) is 5.54 Å². The highest BCUT2D eigenvalue weighted by Crippen LogP contribution is 2.32. The largest absolute Gasteiger partial charge is 0.329 e. The minimum Gasteiger partial charge on any atom is -0.329 e. The molecule has 19 heavy (non-hydrogen) atoms. The van der Waals surface area contributed by atoms with Gasteiger partial charge < -0.3 is 5.73 Å². The molecule has 1 aliphatic carbocycles. The highest BCUT2D eigenvalue weighted by atomic mass is 15.2. The third-order valence-electron chi connectivity index (χ3n) is 4.71. The lowest BCUT2D eigenvalue weighted by atomic mass is 9.76.